The van der Waals surface area contributed by atoms with Gasteiger partial charge in [-0.2, -0.15) is 0 Å². The van der Waals surface area contributed by atoms with E-state index in [4.69, 9.17) is 14.9 Å². The van der Waals surface area contributed by atoms with Crippen molar-refractivity contribution in [1.29, 1.82) is 0 Å². The summed E-state index contributed by atoms with van der Waals surface area (Å²) < 4.78 is 5.44. The average molecular weight is 343 g/mol. The molecule has 0 saturated heterocycles. The normalized spacial score (nSPS) is 10.1. The Kier molecular flexibility index (Phi) is 5.73. The molecule has 0 bridgehead atoms. The third-order valence-electron chi connectivity index (χ3n) is 3.33. The molecule has 7 heteroatoms. The van der Waals surface area contributed by atoms with Crippen LogP contribution < -0.4 is 10.1 Å². The number of anilines is 1. The van der Waals surface area contributed by atoms with Crippen LogP contribution in [0.4, 0.5) is 5.69 Å². The number of benzene rings is 2. The number of hydrogen-bond donors (Lipinski definition) is 3. The third kappa shape index (κ3) is 5.35. The minimum absolute atomic E-state index is 0.0353. The van der Waals surface area contributed by atoms with Gasteiger partial charge in [-0.1, -0.05) is 17.7 Å². The standard InChI is InChI=1S/C18H17NO6/c1-11-2-4-15(5-3-11)25-7-6-16(20)19-14-9-12(17(21)22)8-13(10-14)18(23)24/h2-5,8-10H,6-7H2,1H3,(H,19,20)(H,21,22)(H,23,24). The molecule has 0 saturated carbocycles. The first-order chi connectivity index (χ1) is 11.8. The van der Waals surface area contributed by atoms with Crippen molar-refractivity contribution >= 4 is 23.5 Å². The first kappa shape index (κ1) is 18.0. The lowest BCUT2D eigenvalue weighted by molar-refractivity contribution is -0.116. The van der Waals surface area contributed by atoms with Crippen LogP contribution in [-0.4, -0.2) is 34.7 Å². The van der Waals surface area contributed by atoms with Gasteiger partial charge in [0.2, 0.25) is 5.91 Å². The summed E-state index contributed by atoms with van der Waals surface area (Å²) in [5, 5.41) is 20.5. The Morgan fingerprint density at radius 2 is 1.52 bits per heavy atom. The van der Waals surface area contributed by atoms with Gasteiger partial charge in [0, 0.05) is 5.69 Å². The second-order valence-corrected chi connectivity index (χ2v) is 5.37. The number of aromatic carboxylic acids is 2. The number of carboxylic acids is 2. The van der Waals surface area contributed by atoms with Crippen LogP contribution in [0, 0.1) is 6.92 Å². The molecule has 0 fully saturated rings. The summed E-state index contributed by atoms with van der Waals surface area (Å²) in [6, 6.07) is 10.8. The highest BCUT2D eigenvalue weighted by Gasteiger charge is 2.13. The van der Waals surface area contributed by atoms with E-state index < -0.39 is 17.8 Å². The van der Waals surface area contributed by atoms with Crippen molar-refractivity contribution in [3.63, 3.8) is 0 Å². The molecule has 0 aliphatic heterocycles. The second kappa shape index (κ2) is 7.96. The number of aryl methyl sites for hydroxylation is 1. The Morgan fingerprint density at radius 1 is 0.960 bits per heavy atom. The average Bonchev–Trinajstić information content (AvgIpc) is 2.56. The van der Waals surface area contributed by atoms with E-state index in [1.54, 1.807) is 12.1 Å². The van der Waals surface area contributed by atoms with E-state index >= 15 is 0 Å². The molecule has 0 aliphatic rings. The monoisotopic (exact) mass is 343 g/mol. The largest absolute Gasteiger partial charge is 0.493 e. The molecule has 2 aromatic rings. The van der Waals surface area contributed by atoms with Crippen molar-refractivity contribution in [1.82, 2.24) is 0 Å². The number of amides is 1. The van der Waals surface area contributed by atoms with Crippen molar-refractivity contribution in [3.8, 4) is 5.75 Å². The Labute approximate surface area is 143 Å². The number of carboxylic acid groups (broad SMARTS) is 2. The van der Waals surface area contributed by atoms with Gasteiger partial charge < -0.3 is 20.3 Å². The number of nitrogens with one attached hydrogen (secondary N) is 1. The van der Waals surface area contributed by atoms with Gasteiger partial charge in [-0.25, -0.2) is 9.59 Å². The van der Waals surface area contributed by atoms with Crippen LogP contribution in [0.15, 0.2) is 42.5 Å². The maximum atomic E-state index is 11.9. The number of ether oxygens (including phenoxy) is 1. The minimum atomic E-state index is -1.28. The van der Waals surface area contributed by atoms with E-state index in [2.05, 4.69) is 5.32 Å². The highest BCUT2D eigenvalue weighted by atomic mass is 16.5. The highest BCUT2D eigenvalue weighted by Crippen LogP contribution is 2.16. The molecule has 25 heavy (non-hydrogen) atoms. The van der Waals surface area contributed by atoms with E-state index in [0.29, 0.717) is 5.75 Å². The molecule has 0 aliphatic carbocycles. The predicted molar refractivity (Wildman–Crippen MR) is 90.3 cm³/mol. The van der Waals surface area contributed by atoms with E-state index in [1.165, 1.54) is 12.1 Å². The molecule has 0 spiro atoms. The van der Waals surface area contributed by atoms with E-state index in [1.807, 2.05) is 19.1 Å². The van der Waals surface area contributed by atoms with Crippen molar-refractivity contribution in [2.75, 3.05) is 11.9 Å². The smallest absolute Gasteiger partial charge is 0.335 e. The van der Waals surface area contributed by atoms with Crippen LogP contribution in [0.2, 0.25) is 0 Å². The summed E-state index contributed by atoms with van der Waals surface area (Å²) in [5.41, 5.74) is 0.771. The first-order valence-electron chi connectivity index (χ1n) is 7.46. The van der Waals surface area contributed by atoms with Gasteiger partial charge in [-0.15, -0.1) is 0 Å². The summed E-state index contributed by atoms with van der Waals surface area (Å²) >= 11 is 0. The molecular formula is C18H17NO6. The maximum Gasteiger partial charge on any atom is 0.335 e. The summed E-state index contributed by atoms with van der Waals surface area (Å²) in [7, 11) is 0. The molecule has 2 aromatic carbocycles. The van der Waals surface area contributed by atoms with E-state index in [9.17, 15) is 14.4 Å². The zero-order valence-electron chi connectivity index (χ0n) is 13.5. The lowest BCUT2D eigenvalue weighted by Crippen LogP contribution is -2.16. The molecule has 0 aromatic heterocycles. The SMILES string of the molecule is Cc1ccc(OCCC(=O)Nc2cc(C(=O)O)cc(C(=O)O)c2)cc1. The number of carbonyl (C=O) groups is 3. The summed E-state index contributed by atoms with van der Waals surface area (Å²) in [5.74, 6) is -2.33. The van der Waals surface area contributed by atoms with Crippen molar-refractivity contribution in [3.05, 3.63) is 59.2 Å². The molecule has 130 valence electrons. The molecule has 7 nitrogen and oxygen atoms in total. The zero-order chi connectivity index (χ0) is 18.4. The third-order valence-corrected chi connectivity index (χ3v) is 3.33. The lowest BCUT2D eigenvalue weighted by Gasteiger charge is -2.09. The molecule has 0 heterocycles. The van der Waals surface area contributed by atoms with Crippen LogP contribution >= 0.6 is 0 Å². The van der Waals surface area contributed by atoms with Crippen LogP contribution in [-0.2, 0) is 4.79 Å². The van der Waals surface area contributed by atoms with Crippen molar-refractivity contribution < 1.29 is 29.3 Å². The Bertz CT molecular complexity index is 765. The fraction of sp³-hybridized carbons (Fsp3) is 0.167. The topological polar surface area (TPSA) is 113 Å². The van der Waals surface area contributed by atoms with Crippen LogP contribution in [0.1, 0.15) is 32.7 Å². The van der Waals surface area contributed by atoms with Crippen LogP contribution in [0.3, 0.4) is 0 Å². The van der Waals surface area contributed by atoms with Gasteiger partial charge in [0.25, 0.3) is 0 Å². The van der Waals surface area contributed by atoms with Crippen LogP contribution in [0.5, 0.6) is 5.75 Å². The zero-order valence-corrected chi connectivity index (χ0v) is 13.5. The second-order valence-electron chi connectivity index (χ2n) is 5.37. The number of carbonyl (C=O) groups excluding carboxylic acids is 1. The Morgan fingerprint density at radius 3 is 2.04 bits per heavy atom. The van der Waals surface area contributed by atoms with E-state index in [0.717, 1.165) is 11.6 Å². The number of hydrogen-bond acceptors (Lipinski definition) is 4. The molecule has 3 N–H and O–H groups in total. The molecule has 0 unspecified atom stereocenters. The van der Waals surface area contributed by atoms with Gasteiger partial charge in [0.15, 0.2) is 0 Å². The van der Waals surface area contributed by atoms with Gasteiger partial charge >= 0.3 is 11.9 Å². The molecular weight excluding hydrogens is 326 g/mol. The fourth-order valence-corrected chi connectivity index (χ4v) is 2.07. The number of rotatable bonds is 7. The van der Waals surface area contributed by atoms with E-state index in [-0.39, 0.29) is 29.8 Å². The summed E-state index contributed by atoms with van der Waals surface area (Å²) in [6.07, 6.45) is 0.0353. The fourth-order valence-electron chi connectivity index (χ4n) is 2.07. The molecule has 0 atom stereocenters. The molecule has 2 rings (SSSR count). The molecule has 0 radical (unpaired) electrons. The predicted octanol–water partition coefficient (Wildman–Crippen LogP) is 2.80. The Hall–Kier alpha value is -3.35. The van der Waals surface area contributed by atoms with Crippen molar-refractivity contribution in [2.24, 2.45) is 0 Å². The van der Waals surface area contributed by atoms with Gasteiger partial charge in [0.1, 0.15) is 5.75 Å². The molecule has 1 amide bonds. The van der Waals surface area contributed by atoms with Gasteiger partial charge in [-0.3, -0.25) is 4.79 Å². The quantitative estimate of drug-likeness (QED) is 0.712. The maximum absolute atomic E-state index is 11.9. The van der Waals surface area contributed by atoms with Crippen LogP contribution in [0.25, 0.3) is 0 Å². The first-order valence-corrected chi connectivity index (χ1v) is 7.46. The summed E-state index contributed by atoms with van der Waals surface area (Å²) in [4.78, 5) is 34.0. The highest BCUT2D eigenvalue weighted by molar-refractivity contribution is 5.98. The van der Waals surface area contributed by atoms with Gasteiger partial charge in [-0.05, 0) is 37.3 Å². The van der Waals surface area contributed by atoms with Crippen molar-refractivity contribution in [2.45, 2.75) is 13.3 Å². The van der Waals surface area contributed by atoms with Gasteiger partial charge in [0.05, 0.1) is 24.2 Å². The minimum Gasteiger partial charge on any atom is -0.493 e. The Balaban J connectivity index is 1.96. The lowest BCUT2D eigenvalue weighted by atomic mass is 10.1. The summed E-state index contributed by atoms with van der Waals surface area (Å²) in [6.45, 7) is 2.09.